The molecule has 2 nitrogen and oxygen atoms in total. The minimum Gasteiger partial charge on any atom is -0.317 e. The molecular formula is C58H56N2Si. The molecule has 6 aromatic rings. The largest absolute Gasteiger partial charge is 0.317 e. The Morgan fingerprint density at radius 3 is 1.93 bits per heavy atom. The molecule has 6 aromatic carbocycles. The Kier molecular flexibility index (Phi) is 10.2. The molecule has 0 atom stereocenters. The highest BCUT2D eigenvalue weighted by Gasteiger charge is 2.40. The third-order valence-electron chi connectivity index (χ3n) is 13.3. The first-order valence-corrected chi connectivity index (χ1v) is 24.7. The summed E-state index contributed by atoms with van der Waals surface area (Å²) in [5.74, 6) is 0. The van der Waals surface area contributed by atoms with Crippen LogP contribution in [0, 0.1) is 5.41 Å². The first-order chi connectivity index (χ1) is 29.4. The molecule has 0 N–H and O–H groups in total. The molecule has 0 fully saturated rings. The fourth-order valence-corrected chi connectivity index (χ4v) is 12.8. The Morgan fingerprint density at radius 2 is 1.25 bits per heavy atom. The highest BCUT2D eigenvalue weighted by Crippen LogP contribution is 2.51. The van der Waals surface area contributed by atoms with Gasteiger partial charge in [0.1, 0.15) is 8.07 Å². The predicted molar refractivity (Wildman–Crippen MR) is 267 cm³/mol. The molecule has 0 saturated carbocycles. The van der Waals surface area contributed by atoms with Crippen LogP contribution < -0.4 is 20.2 Å². The Bertz CT molecular complexity index is 2770. The van der Waals surface area contributed by atoms with Crippen molar-refractivity contribution < 1.29 is 0 Å². The van der Waals surface area contributed by atoms with Gasteiger partial charge in [-0.3, -0.25) is 0 Å². The Morgan fingerprint density at radius 1 is 0.607 bits per heavy atom. The maximum Gasteiger partial charge on any atom is 0.117 e. The van der Waals surface area contributed by atoms with Crippen LogP contribution in [0.4, 0.5) is 22.7 Å². The Labute approximate surface area is 364 Å². The van der Waals surface area contributed by atoms with E-state index in [1.165, 1.54) is 77.5 Å². The molecule has 302 valence electrons. The minimum absolute atomic E-state index is 0.0415. The summed E-state index contributed by atoms with van der Waals surface area (Å²) in [7, 11) is -1.85. The van der Waals surface area contributed by atoms with Crippen LogP contribution in [0.2, 0.25) is 13.1 Å². The third kappa shape index (κ3) is 7.11. The molecule has 2 heterocycles. The van der Waals surface area contributed by atoms with Gasteiger partial charge in [0, 0.05) is 45.5 Å². The first-order valence-electron chi connectivity index (χ1n) is 21.7. The summed E-state index contributed by atoms with van der Waals surface area (Å²) in [6, 6.07) is 50.0. The number of rotatable bonds is 10. The molecule has 0 saturated heterocycles. The smallest absolute Gasteiger partial charge is 0.117 e. The summed E-state index contributed by atoms with van der Waals surface area (Å²) in [4.78, 5) is 4.82. The zero-order chi connectivity index (χ0) is 42.5. The first kappa shape index (κ1) is 40.0. The molecule has 9 rings (SSSR count). The van der Waals surface area contributed by atoms with Gasteiger partial charge in [-0.05, 0) is 116 Å². The van der Waals surface area contributed by atoms with Gasteiger partial charge in [-0.2, -0.15) is 0 Å². The Balaban J connectivity index is 0.962. The van der Waals surface area contributed by atoms with E-state index in [9.17, 15) is 0 Å². The number of hydrogen-bond donors (Lipinski definition) is 0. The zero-order valence-corrected chi connectivity index (χ0v) is 37.5. The van der Waals surface area contributed by atoms with Gasteiger partial charge in [-0.15, -0.1) is 6.58 Å². The van der Waals surface area contributed by atoms with Gasteiger partial charge < -0.3 is 9.80 Å². The van der Waals surface area contributed by atoms with E-state index < -0.39 is 8.07 Å². The van der Waals surface area contributed by atoms with Gasteiger partial charge >= 0.3 is 0 Å². The van der Waals surface area contributed by atoms with Crippen molar-refractivity contribution in [2.75, 3.05) is 9.80 Å². The number of nitrogens with zero attached hydrogens (tertiary/aromatic N) is 2. The number of benzene rings is 6. The van der Waals surface area contributed by atoms with Crippen LogP contribution in [0.3, 0.4) is 0 Å². The lowest BCUT2D eigenvalue weighted by molar-refractivity contribution is 0.537. The van der Waals surface area contributed by atoms with Crippen molar-refractivity contribution in [3.8, 4) is 22.3 Å². The molecule has 0 aromatic heterocycles. The molecular weight excluding hydrogens is 753 g/mol. The van der Waals surface area contributed by atoms with Crippen molar-refractivity contribution >= 4 is 53.3 Å². The molecule has 3 heteroatoms. The maximum absolute atomic E-state index is 3.97. The van der Waals surface area contributed by atoms with Crippen LogP contribution in [0.5, 0.6) is 0 Å². The summed E-state index contributed by atoms with van der Waals surface area (Å²) in [6.45, 7) is 22.2. The number of allylic oxidation sites excluding steroid dienone is 6. The summed E-state index contributed by atoms with van der Waals surface area (Å²) >= 11 is 0. The molecule has 2 aliphatic heterocycles. The fraction of sp³-hybridized carbons (Fsp3) is 0.172. The van der Waals surface area contributed by atoms with Crippen LogP contribution in [0.25, 0.3) is 34.4 Å². The summed E-state index contributed by atoms with van der Waals surface area (Å²) < 4.78 is 0. The summed E-state index contributed by atoms with van der Waals surface area (Å²) in [5, 5.41) is 2.98. The van der Waals surface area contributed by atoms with Crippen molar-refractivity contribution in [3.05, 3.63) is 217 Å². The molecule has 1 aliphatic carbocycles. The molecule has 0 amide bonds. The van der Waals surface area contributed by atoms with Crippen molar-refractivity contribution in [2.45, 2.75) is 59.0 Å². The van der Waals surface area contributed by atoms with E-state index in [1.807, 2.05) is 18.2 Å². The van der Waals surface area contributed by atoms with Gasteiger partial charge in [-0.25, -0.2) is 0 Å². The lowest BCUT2D eigenvalue weighted by atomic mass is 9.79. The zero-order valence-electron chi connectivity index (χ0n) is 36.5. The second-order valence-corrected chi connectivity index (χ2v) is 22.7. The van der Waals surface area contributed by atoms with Crippen molar-refractivity contribution in [3.63, 3.8) is 0 Å². The maximum atomic E-state index is 3.97. The normalized spacial score (nSPS) is 16.7. The lowest BCUT2D eigenvalue weighted by Crippen LogP contribution is -2.58. The van der Waals surface area contributed by atoms with Crippen LogP contribution in [-0.4, -0.2) is 8.07 Å². The summed E-state index contributed by atoms with van der Waals surface area (Å²) in [6.07, 6.45) is 19.1. The van der Waals surface area contributed by atoms with Gasteiger partial charge in [0.25, 0.3) is 0 Å². The van der Waals surface area contributed by atoms with Crippen LogP contribution in [0.15, 0.2) is 194 Å². The SMILES string of the molecule is C=CC=CC1=CC(C)(C)C(CCC=C)=CN1c1cccc(-c2ccc(C=Cc3ccc4c(c3)C(C)(C)c3cc(N5c6ccccc6[Si](C)(C)c6ccccc65)ccc3-4)cc2)c1. The van der Waals surface area contributed by atoms with Gasteiger partial charge in [-0.1, -0.05) is 181 Å². The minimum atomic E-state index is -1.85. The number of anilines is 4. The molecule has 61 heavy (non-hydrogen) atoms. The fourth-order valence-electron chi connectivity index (χ4n) is 9.84. The number of para-hydroxylation sites is 2. The molecule has 0 spiro atoms. The molecule has 3 aliphatic rings. The average Bonchev–Trinajstić information content (AvgIpc) is 3.49. The van der Waals surface area contributed by atoms with Gasteiger partial charge in [0.15, 0.2) is 0 Å². The second kappa shape index (κ2) is 15.6. The van der Waals surface area contributed by atoms with E-state index in [2.05, 4.69) is 228 Å². The topological polar surface area (TPSA) is 6.48 Å². The van der Waals surface area contributed by atoms with Crippen LogP contribution in [-0.2, 0) is 5.41 Å². The number of fused-ring (bicyclic) bond motifs is 5. The monoisotopic (exact) mass is 808 g/mol. The van der Waals surface area contributed by atoms with Crippen molar-refractivity contribution in [1.82, 2.24) is 0 Å². The lowest BCUT2D eigenvalue weighted by Gasteiger charge is -2.41. The quantitative estimate of drug-likeness (QED) is 0.0589. The Hall–Kier alpha value is -6.42. The van der Waals surface area contributed by atoms with Crippen molar-refractivity contribution in [2.24, 2.45) is 5.41 Å². The van der Waals surface area contributed by atoms with Crippen molar-refractivity contribution in [1.29, 1.82) is 0 Å². The second-order valence-electron chi connectivity index (χ2n) is 18.4. The molecule has 0 unspecified atom stereocenters. The van der Waals surface area contributed by atoms with Gasteiger partial charge in [0.2, 0.25) is 0 Å². The highest BCUT2D eigenvalue weighted by molar-refractivity contribution is 7.02. The third-order valence-corrected chi connectivity index (χ3v) is 16.9. The molecule has 0 radical (unpaired) electrons. The van der Waals surface area contributed by atoms with E-state index in [1.54, 1.807) is 0 Å². The number of hydrogen-bond acceptors (Lipinski definition) is 2. The van der Waals surface area contributed by atoms with Crippen LogP contribution in [0.1, 0.15) is 62.8 Å². The predicted octanol–water partition coefficient (Wildman–Crippen LogP) is 14.8. The van der Waals surface area contributed by atoms with E-state index >= 15 is 0 Å². The van der Waals surface area contributed by atoms with E-state index in [0.29, 0.717) is 0 Å². The highest BCUT2D eigenvalue weighted by atomic mass is 28.3. The van der Waals surface area contributed by atoms with E-state index in [0.717, 1.165) is 24.2 Å². The van der Waals surface area contributed by atoms with E-state index in [-0.39, 0.29) is 10.8 Å². The average molecular weight is 809 g/mol. The summed E-state index contributed by atoms with van der Waals surface area (Å²) in [5.41, 5.74) is 17.5. The molecule has 0 bridgehead atoms. The standard InChI is InChI=1S/C58H56N2Si/c1-9-11-19-45-40-59(48(20-12-10-2)39-57(45,3)4)46-21-17-18-44(37-46)43-31-28-41(29-32-43)26-27-42-30-34-49-50-35-33-47(38-52(50)58(5,6)51(49)36-42)60-53-22-13-15-24-55(53)61(7,8)56-25-16-14-23-54(56)60/h9-10,12-18,20-40H,1-2,11,19H2,3-8H3. The van der Waals surface area contributed by atoms with Crippen LogP contribution >= 0.6 is 0 Å². The van der Waals surface area contributed by atoms with E-state index in [4.69, 9.17) is 0 Å². The van der Waals surface area contributed by atoms with Gasteiger partial charge in [0.05, 0.1) is 0 Å².